The third kappa shape index (κ3) is 3.88. The van der Waals surface area contributed by atoms with E-state index in [0.29, 0.717) is 16.3 Å². The molecule has 0 N–H and O–H groups in total. The van der Waals surface area contributed by atoms with E-state index >= 15 is 0 Å². The van der Waals surface area contributed by atoms with Crippen LogP contribution in [0.5, 0.6) is 0 Å². The monoisotopic (exact) mass is 399 g/mol. The highest BCUT2D eigenvalue weighted by molar-refractivity contribution is 8.12. The molecule has 0 unspecified atom stereocenters. The first-order valence-electron chi connectivity index (χ1n) is 8.17. The molecule has 3 rings (SSSR count). The molecular weight excluding hydrogens is 378 g/mol. The summed E-state index contributed by atoms with van der Waals surface area (Å²) in [6.45, 7) is 7.15. The van der Waals surface area contributed by atoms with Gasteiger partial charge in [0.2, 0.25) is 0 Å². The molecular formula is C17H22ClN3O2S2. The molecule has 8 heteroatoms. The minimum absolute atomic E-state index is 0.165. The van der Waals surface area contributed by atoms with Crippen LogP contribution in [0.2, 0.25) is 5.15 Å². The van der Waals surface area contributed by atoms with Gasteiger partial charge < -0.3 is 4.90 Å². The highest BCUT2D eigenvalue weighted by Gasteiger charge is 2.37. The molecule has 25 heavy (non-hydrogen) atoms. The summed E-state index contributed by atoms with van der Waals surface area (Å²) < 4.78 is 22.8. The number of pyridine rings is 2. The van der Waals surface area contributed by atoms with Crippen molar-refractivity contribution in [2.45, 2.75) is 38.0 Å². The van der Waals surface area contributed by atoms with Crippen LogP contribution >= 0.6 is 23.4 Å². The second-order valence-corrected chi connectivity index (χ2v) is 11.0. The van der Waals surface area contributed by atoms with Crippen LogP contribution in [-0.2, 0) is 9.84 Å². The molecule has 2 aromatic heterocycles. The predicted molar refractivity (Wildman–Crippen MR) is 107 cm³/mol. The van der Waals surface area contributed by atoms with Crippen molar-refractivity contribution >= 4 is 49.7 Å². The van der Waals surface area contributed by atoms with Gasteiger partial charge in [0.1, 0.15) is 5.15 Å². The van der Waals surface area contributed by atoms with Gasteiger partial charge in [-0.05, 0) is 18.9 Å². The second-order valence-electron chi connectivity index (χ2n) is 6.88. The lowest BCUT2D eigenvalue weighted by Crippen LogP contribution is -2.57. The summed E-state index contributed by atoms with van der Waals surface area (Å²) in [5, 5.41) is 3.01. The van der Waals surface area contributed by atoms with E-state index in [1.807, 2.05) is 18.5 Å². The predicted octanol–water partition coefficient (Wildman–Crippen LogP) is 3.72. The van der Waals surface area contributed by atoms with E-state index in [0.717, 1.165) is 28.7 Å². The van der Waals surface area contributed by atoms with Gasteiger partial charge in [-0.1, -0.05) is 25.4 Å². The summed E-state index contributed by atoms with van der Waals surface area (Å²) in [5.74, 6) is 0.293. The van der Waals surface area contributed by atoms with E-state index in [4.69, 9.17) is 11.6 Å². The molecule has 1 aliphatic rings. The Bertz CT molecular complexity index is 902. The van der Waals surface area contributed by atoms with Crippen molar-refractivity contribution in [2.75, 3.05) is 22.8 Å². The normalized spacial score (nSPS) is 21.0. The summed E-state index contributed by atoms with van der Waals surface area (Å²) >= 11 is 7.60. The Morgan fingerprint density at radius 2 is 2.04 bits per heavy atom. The Morgan fingerprint density at radius 3 is 2.64 bits per heavy atom. The highest BCUT2D eigenvalue weighted by atomic mass is 35.5. The molecule has 1 saturated heterocycles. The smallest absolute Gasteiger partial charge is 0.156 e. The average Bonchev–Trinajstić information content (AvgIpc) is 2.51. The first-order chi connectivity index (χ1) is 11.7. The molecule has 0 bridgehead atoms. The van der Waals surface area contributed by atoms with Crippen LogP contribution in [0, 0.1) is 0 Å². The van der Waals surface area contributed by atoms with Crippen molar-refractivity contribution < 1.29 is 8.42 Å². The fraction of sp³-hybridized carbons (Fsp3) is 0.529. The number of aromatic nitrogens is 2. The third-order valence-electron chi connectivity index (χ3n) is 4.51. The first kappa shape index (κ1) is 18.7. The Balaban J connectivity index is 1.89. The average molecular weight is 400 g/mol. The number of anilines is 1. The van der Waals surface area contributed by atoms with Crippen molar-refractivity contribution in [3.63, 3.8) is 0 Å². The molecule has 0 spiro atoms. The topological polar surface area (TPSA) is 63.2 Å². The summed E-state index contributed by atoms with van der Waals surface area (Å²) in [4.78, 5) is 11.2. The van der Waals surface area contributed by atoms with Crippen molar-refractivity contribution in [2.24, 2.45) is 0 Å². The Kier molecular flexibility index (Phi) is 5.19. The van der Waals surface area contributed by atoms with E-state index < -0.39 is 9.84 Å². The quantitative estimate of drug-likeness (QED) is 0.714. The number of hydrogen-bond acceptors (Lipinski definition) is 6. The summed E-state index contributed by atoms with van der Waals surface area (Å²) in [5.41, 5.74) is 2.05. The van der Waals surface area contributed by atoms with Crippen LogP contribution in [0.15, 0.2) is 18.5 Å². The van der Waals surface area contributed by atoms with Crippen molar-refractivity contribution in [1.82, 2.24) is 9.97 Å². The SMILES string of the molecule is CC(C)c1ncc(N2C[C@H](SCS(C)(=O)=O)[C@H]2C)c2cnc(Cl)cc12. The molecule has 1 fully saturated rings. The second kappa shape index (κ2) is 6.93. The number of rotatable bonds is 5. The number of fused-ring (bicyclic) bond motifs is 1. The molecule has 2 atom stereocenters. The maximum absolute atomic E-state index is 11.4. The van der Waals surface area contributed by atoms with Crippen molar-refractivity contribution in [1.29, 1.82) is 0 Å². The molecule has 0 aromatic carbocycles. The van der Waals surface area contributed by atoms with E-state index in [-0.39, 0.29) is 11.1 Å². The van der Waals surface area contributed by atoms with Crippen LogP contribution < -0.4 is 4.90 Å². The number of nitrogens with zero attached hydrogens (tertiary/aromatic N) is 3. The molecule has 2 aromatic rings. The number of hydrogen-bond donors (Lipinski definition) is 0. The molecule has 3 heterocycles. The van der Waals surface area contributed by atoms with Gasteiger partial charge in [-0.3, -0.25) is 4.98 Å². The first-order valence-corrected chi connectivity index (χ1v) is 11.7. The Morgan fingerprint density at radius 1 is 1.32 bits per heavy atom. The van der Waals surface area contributed by atoms with Gasteiger partial charge in [0.25, 0.3) is 0 Å². The third-order valence-corrected chi connectivity index (χ3v) is 7.94. The molecule has 5 nitrogen and oxygen atoms in total. The van der Waals surface area contributed by atoms with Crippen LogP contribution in [0.1, 0.15) is 32.4 Å². The van der Waals surface area contributed by atoms with E-state index in [1.54, 1.807) is 0 Å². The van der Waals surface area contributed by atoms with Crippen LogP contribution in [0.4, 0.5) is 5.69 Å². The molecule has 0 aliphatic carbocycles. The largest absolute Gasteiger partial charge is 0.365 e. The zero-order chi connectivity index (χ0) is 18.4. The molecule has 0 radical (unpaired) electrons. The van der Waals surface area contributed by atoms with Crippen molar-refractivity contribution in [3.8, 4) is 0 Å². The molecule has 136 valence electrons. The Hall–Kier alpha value is -1.05. The number of sulfone groups is 1. The van der Waals surface area contributed by atoms with E-state index in [1.165, 1.54) is 18.0 Å². The van der Waals surface area contributed by atoms with Gasteiger partial charge in [0.05, 0.1) is 22.7 Å². The minimum Gasteiger partial charge on any atom is -0.365 e. The molecule has 0 saturated carbocycles. The lowest BCUT2D eigenvalue weighted by molar-refractivity contribution is 0.498. The number of halogens is 1. The van der Waals surface area contributed by atoms with Gasteiger partial charge in [0, 0.05) is 41.1 Å². The van der Waals surface area contributed by atoms with E-state index in [2.05, 4.69) is 35.6 Å². The fourth-order valence-electron chi connectivity index (χ4n) is 3.10. The van der Waals surface area contributed by atoms with Gasteiger partial charge in [0.15, 0.2) is 9.84 Å². The maximum Gasteiger partial charge on any atom is 0.156 e. The Labute approximate surface area is 158 Å². The van der Waals surface area contributed by atoms with Gasteiger partial charge in [-0.15, -0.1) is 11.8 Å². The number of thioether (sulfide) groups is 1. The fourth-order valence-corrected chi connectivity index (χ4v) is 5.64. The molecule has 0 amide bonds. The summed E-state index contributed by atoms with van der Waals surface area (Å²) in [6, 6.07) is 2.13. The summed E-state index contributed by atoms with van der Waals surface area (Å²) in [6.07, 6.45) is 4.99. The van der Waals surface area contributed by atoms with Gasteiger partial charge >= 0.3 is 0 Å². The molecule has 1 aliphatic heterocycles. The van der Waals surface area contributed by atoms with Crippen LogP contribution in [0.25, 0.3) is 10.8 Å². The lowest BCUT2D eigenvalue weighted by atomic mass is 9.99. The minimum atomic E-state index is -2.95. The standard InChI is InChI=1S/C17H22ClN3O2S2/c1-10(2)17-12-5-16(18)19-6-13(12)14(7-20-17)21-8-15(11(21)3)24-9-25(4,22)23/h5-7,10-11,15H,8-9H2,1-4H3/t11-,15+/m1/s1. The van der Waals surface area contributed by atoms with Gasteiger partial charge in [-0.25, -0.2) is 13.4 Å². The van der Waals surface area contributed by atoms with Crippen LogP contribution in [0.3, 0.4) is 0 Å². The maximum atomic E-state index is 11.4. The zero-order valence-electron chi connectivity index (χ0n) is 14.7. The highest BCUT2D eigenvalue weighted by Crippen LogP contribution is 2.39. The van der Waals surface area contributed by atoms with Crippen LogP contribution in [-0.4, -0.2) is 47.6 Å². The van der Waals surface area contributed by atoms with Gasteiger partial charge in [-0.2, -0.15) is 0 Å². The van der Waals surface area contributed by atoms with Crippen molar-refractivity contribution in [3.05, 3.63) is 29.3 Å². The van der Waals surface area contributed by atoms with E-state index in [9.17, 15) is 8.42 Å². The lowest BCUT2D eigenvalue weighted by Gasteiger charge is -2.47. The zero-order valence-corrected chi connectivity index (χ0v) is 17.1. The summed E-state index contributed by atoms with van der Waals surface area (Å²) in [7, 11) is -2.95.